The molecule has 5 atom stereocenters. The third-order valence-electron chi connectivity index (χ3n) is 10.2. The van der Waals surface area contributed by atoms with E-state index < -0.39 is 5.60 Å². The van der Waals surface area contributed by atoms with Crippen molar-refractivity contribution in [3.05, 3.63) is 95.6 Å². The van der Waals surface area contributed by atoms with E-state index in [9.17, 15) is 4.79 Å². The van der Waals surface area contributed by atoms with Crippen LogP contribution in [0, 0.1) is 35.0 Å². The lowest BCUT2D eigenvalue weighted by Crippen LogP contribution is -2.36. The Balaban J connectivity index is 1.46. The van der Waals surface area contributed by atoms with E-state index in [1.54, 1.807) is 14.2 Å². The summed E-state index contributed by atoms with van der Waals surface area (Å²) in [5.74, 6) is 2.84. The SMILES string of the molecule is COc1ccc(C(OCC2C(C(=O)OC3CC(C)CCC3C(C)C)C2(C)C)(c2ccccc2)c2ccc(OC)cc2)cc1. The molecular weight excluding hydrogens is 536 g/mol. The fourth-order valence-corrected chi connectivity index (χ4v) is 7.28. The van der Waals surface area contributed by atoms with Crippen molar-refractivity contribution >= 4 is 5.97 Å². The summed E-state index contributed by atoms with van der Waals surface area (Å²) in [5, 5.41) is 0. The van der Waals surface area contributed by atoms with Crippen LogP contribution in [0.2, 0.25) is 0 Å². The van der Waals surface area contributed by atoms with Gasteiger partial charge in [-0.25, -0.2) is 0 Å². The summed E-state index contributed by atoms with van der Waals surface area (Å²) in [4.78, 5) is 13.7. The first-order valence-corrected chi connectivity index (χ1v) is 15.8. The Bertz CT molecular complexity index is 1300. The largest absolute Gasteiger partial charge is 0.497 e. The minimum Gasteiger partial charge on any atom is -0.497 e. The predicted molar refractivity (Wildman–Crippen MR) is 170 cm³/mol. The molecule has 0 heterocycles. The van der Waals surface area contributed by atoms with Crippen molar-refractivity contribution in [2.75, 3.05) is 20.8 Å². The molecule has 2 aliphatic carbocycles. The van der Waals surface area contributed by atoms with Crippen LogP contribution < -0.4 is 9.47 Å². The second-order valence-corrected chi connectivity index (χ2v) is 13.5. The second kappa shape index (κ2) is 12.7. The first kappa shape index (κ1) is 31.1. The van der Waals surface area contributed by atoms with Gasteiger partial charge in [0, 0.05) is 5.92 Å². The van der Waals surface area contributed by atoms with E-state index in [0.717, 1.165) is 41.0 Å². The number of carbonyl (C=O) groups is 1. The van der Waals surface area contributed by atoms with Crippen molar-refractivity contribution in [3.63, 3.8) is 0 Å². The van der Waals surface area contributed by atoms with Crippen molar-refractivity contribution in [2.45, 2.75) is 65.6 Å². The van der Waals surface area contributed by atoms with Crippen LogP contribution in [0.5, 0.6) is 11.5 Å². The highest BCUT2D eigenvalue weighted by atomic mass is 16.5. The fourth-order valence-electron chi connectivity index (χ4n) is 7.28. The van der Waals surface area contributed by atoms with E-state index in [2.05, 4.69) is 71.0 Å². The normalized spacial score (nSPS) is 24.8. The number of methoxy groups -OCH3 is 2. The van der Waals surface area contributed by atoms with Gasteiger partial charge in [-0.1, -0.05) is 95.6 Å². The van der Waals surface area contributed by atoms with Gasteiger partial charge in [-0.3, -0.25) is 4.79 Å². The molecule has 2 fully saturated rings. The lowest BCUT2D eigenvalue weighted by Gasteiger charge is -2.37. The lowest BCUT2D eigenvalue weighted by molar-refractivity contribution is -0.159. The van der Waals surface area contributed by atoms with Crippen LogP contribution >= 0.6 is 0 Å². The summed E-state index contributed by atoms with van der Waals surface area (Å²) in [5.41, 5.74) is 1.86. The Morgan fingerprint density at radius 2 is 1.37 bits per heavy atom. The van der Waals surface area contributed by atoms with E-state index in [1.165, 1.54) is 6.42 Å². The summed E-state index contributed by atoms with van der Waals surface area (Å²) in [6, 6.07) is 26.4. The molecule has 0 amide bonds. The molecule has 5 unspecified atom stereocenters. The van der Waals surface area contributed by atoms with Gasteiger partial charge < -0.3 is 18.9 Å². The highest BCUT2D eigenvalue weighted by Crippen LogP contribution is 2.60. The van der Waals surface area contributed by atoms with Crippen molar-refractivity contribution in [1.82, 2.24) is 0 Å². The van der Waals surface area contributed by atoms with E-state index in [4.69, 9.17) is 18.9 Å². The minimum absolute atomic E-state index is 0.00349. The van der Waals surface area contributed by atoms with Gasteiger partial charge in [-0.15, -0.1) is 0 Å². The monoisotopic (exact) mass is 584 g/mol. The molecule has 5 rings (SSSR count). The fraction of sp³-hybridized carbons (Fsp3) is 0.500. The molecule has 0 radical (unpaired) electrons. The van der Waals surface area contributed by atoms with Gasteiger partial charge in [0.25, 0.3) is 0 Å². The molecule has 0 bridgehead atoms. The van der Waals surface area contributed by atoms with Crippen molar-refractivity contribution < 1.29 is 23.7 Å². The molecule has 2 saturated carbocycles. The molecular formula is C38H48O5. The quantitative estimate of drug-likeness (QED) is 0.168. The van der Waals surface area contributed by atoms with Gasteiger partial charge in [0.2, 0.25) is 0 Å². The number of carbonyl (C=O) groups excluding carboxylic acids is 1. The van der Waals surface area contributed by atoms with Crippen molar-refractivity contribution in [3.8, 4) is 11.5 Å². The average Bonchev–Trinajstić information content (AvgIpc) is 3.58. The highest BCUT2D eigenvalue weighted by molar-refractivity contribution is 5.78. The zero-order valence-corrected chi connectivity index (χ0v) is 26.8. The zero-order valence-electron chi connectivity index (χ0n) is 26.8. The molecule has 0 N–H and O–H groups in total. The standard InChI is InChI=1S/C38H48O5/c1-25(2)32-22-13-26(3)23-34(32)43-36(39)35-33(37(35,4)5)24-42-38(27-11-9-8-10-12-27,28-14-18-30(40-6)19-15-28)29-16-20-31(41-7)21-17-29/h8-12,14-21,25-26,32-35H,13,22-24H2,1-7H3. The molecule has 230 valence electrons. The highest BCUT2D eigenvalue weighted by Gasteiger charge is 2.63. The number of hydrogen-bond acceptors (Lipinski definition) is 5. The molecule has 5 nitrogen and oxygen atoms in total. The smallest absolute Gasteiger partial charge is 0.310 e. The van der Waals surface area contributed by atoms with Gasteiger partial charge in [0.05, 0.1) is 26.7 Å². The lowest BCUT2D eigenvalue weighted by atomic mass is 9.75. The van der Waals surface area contributed by atoms with E-state index in [1.807, 2.05) is 42.5 Å². The summed E-state index contributed by atoms with van der Waals surface area (Å²) < 4.78 is 24.5. The van der Waals surface area contributed by atoms with Crippen LogP contribution in [0.3, 0.4) is 0 Å². The van der Waals surface area contributed by atoms with Crippen LogP contribution in [0.1, 0.15) is 70.6 Å². The Hall–Kier alpha value is -3.31. The minimum atomic E-state index is -0.908. The van der Waals surface area contributed by atoms with Crippen LogP contribution in [0.4, 0.5) is 0 Å². The van der Waals surface area contributed by atoms with Crippen LogP contribution in [0.15, 0.2) is 78.9 Å². The topological polar surface area (TPSA) is 54.0 Å². The molecule has 0 saturated heterocycles. The maximum atomic E-state index is 13.7. The number of ether oxygens (including phenoxy) is 4. The molecule has 0 aliphatic heterocycles. The summed E-state index contributed by atoms with van der Waals surface area (Å²) >= 11 is 0. The summed E-state index contributed by atoms with van der Waals surface area (Å²) in [6.45, 7) is 11.5. The van der Waals surface area contributed by atoms with Gasteiger partial charge in [0.1, 0.15) is 23.2 Å². The van der Waals surface area contributed by atoms with E-state index in [-0.39, 0.29) is 29.3 Å². The maximum Gasteiger partial charge on any atom is 0.310 e. The summed E-state index contributed by atoms with van der Waals surface area (Å²) in [6.07, 6.45) is 3.28. The average molecular weight is 585 g/mol. The third-order valence-corrected chi connectivity index (χ3v) is 10.2. The molecule has 5 heteroatoms. The Labute approximate surface area is 257 Å². The van der Waals surface area contributed by atoms with Gasteiger partial charge >= 0.3 is 5.97 Å². The van der Waals surface area contributed by atoms with Crippen LogP contribution in [-0.4, -0.2) is 32.9 Å². The number of esters is 1. The first-order valence-electron chi connectivity index (χ1n) is 15.8. The van der Waals surface area contributed by atoms with E-state index >= 15 is 0 Å². The molecule has 3 aromatic rings. The van der Waals surface area contributed by atoms with Gasteiger partial charge in [0.15, 0.2) is 0 Å². The molecule has 2 aliphatic rings. The van der Waals surface area contributed by atoms with Gasteiger partial charge in [-0.2, -0.15) is 0 Å². The van der Waals surface area contributed by atoms with Gasteiger partial charge in [-0.05, 0) is 77.0 Å². The second-order valence-electron chi connectivity index (χ2n) is 13.5. The number of hydrogen-bond donors (Lipinski definition) is 0. The Morgan fingerprint density at radius 3 is 1.88 bits per heavy atom. The molecule has 3 aromatic carbocycles. The first-order chi connectivity index (χ1) is 20.6. The van der Waals surface area contributed by atoms with Crippen molar-refractivity contribution in [2.24, 2.45) is 35.0 Å². The van der Waals surface area contributed by atoms with Crippen LogP contribution in [-0.2, 0) is 19.9 Å². The van der Waals surface area contributed by atoms with E-state index in [0.29, 0.717) is 24.4 Å². The van der Waals surface area contributed by atoms with Crippen LogP contribution in [0.25, 0.3) is 0 Å². The molecule has 0 spiro atoms. The number of rotatable bonds is 11. The summed E-state index contributed by atoms with van der Waals surface area (Å²) in [7, 11) is 3.34. The third kappa shape index (κ3) is 6.20. The molecule has 0 aromatic heterocycles. The Kier molecular flexibility index (Phi) is 9.22. The zero-order chi connectivity index (χ0) is 30.8. The Morgan fingerprint density at radius 1 is 0.837 bits per heavy atom. The van der Waals surface area contributed by atoms with Crippen molar-refractivity contribution in [1.29, 1.82) is 0 Å². The molecule has 43 heavy (non-hydrogen) atoms. The number of benzene rings is 3. The predicted octanol–water partition coefficient (Wildman–Crippen LogP) is 8.29. The maximum absolute atomic E-state index is 13.7.